The van der Waals surface area contributed by atoms with Crippen LogP contribution >= 0.6 is 0 Å². The highest BCUT2D eigenvalue weighted by Gasteiger charge is 2.21. The predicted octanol–water partition coefficient (Wildman–Crippen LogP) is 3.29. The fraction of sp³-hybridized carbons (Fsp3) is 0.625. The Morgan fingerprint density at radius 1 is 1.21 bits per heavy atom. The van der Waals surface area contributed by atoms with Crippen LogP contribution in [0.2, 0.25) is 0 Å². The van der Waals surface area contributed by atoms with E-state index < -0.39 is 0 Å². The highest BCUT2D eigenvalue weighted by molar-refractivity contribution is 5.47. The number of hydrogen-bond acceptors (Lipinski definition) is 3. The topological polar surface area (TPSA) is 38.5 Å². The highest BCUT2D eigenvalue weighted by Crippen LogP contribution is 2.28. The summed E-state index contributed by atoms with van der Waals surface area (Å²) >= 11 is 0. The second-order valence-corrected chi connectivity index (χ2v) is 5.94. The maximum Gasteiger partial charge on any atom is 0.121 e. The van der Waals surface area contributed by atoms with Gasteiger partial charge in [-0.25, -0.2) is 0 Å². The van der Waals surface area contributed by atoms with E-state index in [0.29, 0.717) is 6.04 Å². The van der Waals surface area contributed by atoms with Crippen molar-refractivity contribution in [3.05, 3.63) is 23.8 Å². The Morgan fingerprint density at radius 3 is 2.53 bits per heavy atom. The molecule has 1 saturated carbocycles. The summed E-state index contributed by atoms with van der Waals surface area (Å²) < 4.78 is 5.28. The Balaban J connectivity index is 1.98. The first-order chi connectivity index (χ1) is 9.08. The molecule has 1 aromatic rings. The Morgan fingerprint density at radius 2 is 1.89 bits per heavy atom. The molecule has 1 aromatic carbocycles. The molecular weight excluding hydrogens is 236 g/mol. The third-order valence-electron chi connectivity index (χ3n) is 4.27. The van der Waals surface area contributed by atoms with E-state index in [1.165, 1.54) is 31.2 Å². The number of methoxy groups -OCH3 is 1. The molecule has 0 atom stereocenters. The molecular formula is C16H26N2O. The molecule has 0 spiro atoms. The molecule has 1 fully saturated rings. The summed E-state index contributed by atoms with van der Waals surface area (Å²) in [5, 5.41) is 0. The van der Waals surface area contributed by atoms with Crippen LogP contribution in [0.15, 0.2) is 18.2 Å². The van der Waals surface area contributed by atoms with E-state index in [9.17, 15) is 0 Å². The first-order valence-corrected chi connectivity index (χ1v) is 7.22. The molecule has 19 heavy (non-hydrogen) atoms. The average molecular weight is 262 g/mol. The lowest BCUT2D eigenvalue weighted by Gasteiger charge is -2.33. The molecule has 0 radical (unpaired) electrons. The Bertz CT molecular complexity index is 411. The molecule has 2 N–H and O–H groups in total. The van der Waals surface area contributed by atoms with Gasteiger partial charge in [0.1, 0.15) is 5.75 Å². The highest BCUT2D eigenvalue weighted by atomic mass is 16.5. The van der Waals surface area contributed by atoms with E-state index in [2.05, 4.69) is 24.9 Å². The molecule has 0 bridgehead atoms. The van der Waals surface area contributed by atoms with Gasteiger partial charge < -0.3 is 10.5 Å². The molecule has 0 heterocycles. The van der Waals surface area contributed by atoms with Crippen LogP contribution < -0.4 is 10.5 Å². The maximum absolute atomic E-state index is 5.91. The van der Waals surface area contributed by atoms with Crippen molar-refractivity contribution in [1.82, 2.24) is 4.90 Å². The van der Waals surface area contributed by atoms with E-state index in [4.69, 9.17) is 10.5 Å². The minimum Gasteiger partial charge on any atom is -0.497 e. The van der Waals surface area contributed by atoms with E-state index >= 15 is 0 Å². The molecule has 0 unspecified atom stereocenters. The molecule has 1 aliphatic rings. The molecule has 3 nitrogen and oxygen atoms in total. The van der Waals surface area contributed by atoms with Gasteiger partial charge in [0.05, 0.1) is 7.11 Å². The lowest BCUT2D eigenvalue weighted by atomic mass is 9.86. The summed E-state index contributed by atoms with van der Waals surface area (Å²) in [6.45, 7) is 3.30. The fourth-order valence-electron chi connectivity index (χ4n) is 3.00. The normalized spacial score (nSPS) is 23.6. The SMILES string of the molecule is COc1cc(N)cc(CN(C)C2CCC(C)CC2)c1. The average Bonchev–Trinajstić information content (AvgIpc) is 2.38. The zero-order valence-electron chi connectivity index (χ0n) is 12.4. The van der Waals surface area contributed by atoms with Gasteiger partial charge in [0.2, 0.25) is 0 Å². The molecule has 3 heteroatoms. The standard InChI is InChI=1S/C16H26N2O/c1-12-4-6-15(7-5-12)18(2)11-13-8-14(17)10-16(9-13)19-3/h8-10,12,15H,4-7,11,17H2,1-3H3. The van der Waals surface area contributed by atoms with Gasteiger partial charge >= 0.3 is 0 Å². The van der Waals surface area contributed by atoms with Crippen molar-refractivity contribution in [3.8, 4) is 5.75 Å². The molecule has 0 amide bonds. The summed E-state index contributed by atoms with van der Waals surface area (Å²) in [7, 11) is 3.90. The maximum atomic E-state index is 5.91. The number of nitrogen functional groups attached to an aromatic ring is 1. The minimum atomic E-state index is 0.712. The largest absolute Gasteiger partial charge is 0.497 e. The van der Waals surface area contributed by atoms with Gasteiger partial charge in [-0.1, -0.05) is 6.92 Å². The van der Waals surface area contributed by atoms with Gasteiger partial charge in [-0.2, -0.15) is 0 Å². The van der Waals surface area contributed by atoms with Gasteiger partial charge in [0.15, 0.2) is 0 Å². The third kappa shape index (κ3) is 3.87. The smallest absolute Gasteiger partial charge is 0.121 e. The van der Waals surface area contributed by atoms with Crippen molar-refractivity contribution < 1.29 is 4.74 Å². The lowest BCUT2D eigenvalue weighted by Crippen LogP contribution is -2.34. The second-order valence-electron chi connectivity index (χ2n) is 5.94. The van der Waals surface area contributed by atoms with Gasteiger partial charge in [-0.15, -0.1) is 0 Å². The van der Waals surface area contributed by atoms with E-state index in [1.807, 2.05) is 12.1 Å². The predicted molar refractivity (Wildman–Crippen MR) is 80.3 cm³/mol. The van der Waals surface area contributed by atoms with Crippen LogP contribution in [0.5, 0.6) is 5.75 Å². The Kier molecular flexibility index (Phi) is 4.70. The van der Waals surface area contributed by atoms with Crippen LogP contribution in [0, 0.1) is 5.92 Å². The number of hydrogen-bond donors (Lipinski definition) is 1. The van der Waals surface area contributed by atoms with Crippen molar-refractivity contribution in [2.75, 3.05) is 19.9 Å². The van der Waals surface area contributed by atoms with Crippen LogP contribution in [-0.4, -0.2) is 25.1 Å². The summed E-state index contributed by atoms with van der Waals surface area (Å²) in [4.78, 5) is 2.46. The molecule has 0 aromatic heterocycles. The van der Waals surface area contributed by atoms with Crippen LogP contribution in [0.25, 0.3) is 0 Å². The van der Waals surface area contributed by atoms with Crippen LogP contribution in [0.1, 0.15) is 38.2 Å². The van der Waals surface area contributed by atoms with E-state index in [0.717, 1.165) is 23.9 Å². The summed E-state index contributed by atoms with van der Waals surface area (Å²) in [5.74, 6) is 1.75. The molecule has 1 aliphatic carbocycles. The fourth-order valence-corrected chi connectivity index (χ4v) is 3.00. The molecule has 2 rings (SSSR count). The number of nitrogens with two attached hydrogens (primary N) is 1. The first kappa shape index (κ1) is 14.2. The van der Waals surface area contributed by atoms with Crippen LogP contribution in [-0.2, 0) is 6.54 Å². The third-order valence-corrected chi connectivity index (χ3v) is 4.27. The van der Waals surface area contributed by atoms with Gasteiger partial charge in [0, 0.05) is 24.3 Å². The monoisotopic (exact) mass is 262 g/mol. The summed E-state index contributed by atoms with van der Waals surface area (Å²) in [6, 6.07) is 6.71. The zero-order chi connectivity index (χ0) is 13.8. The number of nitrogens with zero attached hydrogens (tertiary/aromatic N) is 1. The van der Waals surface area contributed by atoms with Crippen molar-refractivity contribution in [2.24, 2.45) is 5.92 Å². The van der Waals surface area contributed by atoms with Crippen molar-refractivity contribution >= 4 is 5.69 Å². The number of ether oxygens (including phenoxy) is 1. The van der Waals surface area contributed by atoms with Crippen molar-refractivity contribution in [2.45, 2.75) is 45.2 Å². The second kappa shape index (κ2) is 6.29. The van der Waals surface area contributed by atoms with Gasteiger partial charge in [-0.05, 0) is 56.3 Å². The van der Waals surface area contributed by atoms with Crippen molar-refractivity contribution in [1.29, 1.82) is 0 Å². The van der Waals surface area contributed by atoms with E-state index in [1.54, 1.807) is 7.11 Å². The number of anilines is 1. The quantitative estimate of drug-likeness (QED) is 0.846. The minimum absolute atomic E-state index is 0.712. The number of rotatable bonds is 4. The zero-order valence-corrected chi connectivity index (χ0v) is 12.4. The molecule has 0 aliphatic heterocycles. The van der Waals surface area contributed by atoms with Gasteiger partial charge in [0.25, 0.3) is 0 Å². The molecule has 0 saturated heterocycles. The molecule has 106 valence electrons. The summed E-state index contributed by atoms with van der Waals surface area (Å²) in [5.41, 5.74) is 7.92. The van der Waals surface area contributed by atoms with Crippen LogP contribution in [0.3, 0.4) is 0 Å². The van der Waals surface area contributed by atoms with Crippen molar-refractivity contribution in [3.63, 3.8) is 0 Å². The Labute approximate surface area is 116 Å². The summed E-state index contributed by atoms with van der Waals surface area (Å²) in [6.07, 6.45) is 5.35. The van der Waals surface area contributed by atoms with Crippen LogP contribution in [0.4, 0.5) is 5.69 Å². The number of benzene rings is 1. The van der Waals surface area contributed by atoms with E-state index in [-0.39, 0.29) is 0 Å². The Hall–Kier alpha value is -1.22. The lowest BCUT2D eigenvalue weighted by molar-refractivity contribution is 0.164. The van der Waals surface area contributed by atoms with Gasteiger partial charge in [-0.3, -0.25) is 4.90 Å². The first-order valence-electron chi connectivity index (χ1n) is 7.22.